The summed E-state index contributed by atoms with van der Waals surface area (Å²) in [4.78, 5) is 0. The molecular formula is C23H28. The van der Waals surface area contributed by atoms with Gasteiger partial charge < -0.3 is 0 Å². The van der Waals surface area contributed by atoms with Crippen LogP contribution >= 0.6 is 0 Å². The summed E-state index contributed by atoms with van der Waals surface area (Å²) < 4.78 is 0. The monoisotopic (exact) mass is 304 g/mol. The number of hydrogen-bond acceptors (Lipinski definition) is 0. The lowest BCUT2D eigenvalue weighted by molar-refractivity contribution is 0.547. The zero-order valence-corrected chi connectivity index (χ0v) is 15.1. The molecule has 0 aliphatic carbocycles. The molecule has 23 heavy (non-hydrogen) atoms. The number of benzene rings is 2. The van der Waals surface area contributed by atoms with Crippen molar-refractivity contribution in [2.45, 2.75) is 41.0 Å². The zero-order valence-electron chi connectivity index (χ0n) is 15.1. The number of allylic oxidation sites excluding steroid dienone is 2. The van der Waals surface area contributed by atoms with Crippen LogP contribution in [-0.4, -0.2) is 0 Å². The Morgan fingerprint density at radius 3 is 2.04 bits per heavy atom. The van der Waals surface area contributed by atoms with Gasteiger partial charge in [-0.2, -0.15) is 0 Å². The molecule has 2 aromatic carbocycles. The van der Waals surface area contributed by atoms with Crippen LogP contribution < -0.4 is 0 Å². The highest BCUT2D eigenvalue weighted by atomic mass is 14.1. The Morgan fingerprint density at radius 1 is 0.957 bits per heavy atom. The van der Waals surface area contributed by atoms with Gasteiger partial charge in [0.1, 0.15) is 0 Å². The summed E-state index contributed by atoms with van der Waals surface area (Å²) in [6, 6.07) is 15.4. The molecule has 0 unspecified atom stereocenters. The highest BCUT2D eigenvalue weighted by Gasteiger charge is 2.05. The first-order valence-corrected chi connectivity index (χ1v) is 8.27. The molecule has 0 atom stereocenters. The van der Waals surface area contributed by atoms with Gasteiger partial charge in [-0.15, -0.1) is 0 Å². The topological polar surface area (TPSA) is 0 Å². The van der Waals surface area contributed by atoms with Crippen molar-refractivity contribution in [3.8, 4) is 0 Å². The summed E-state index contributed by atoms with van der Waals surface area (Å²) >= 11 is 0. The maximum atomic E-state index is 4.28. The maximum Gasteiger partial charge on any atom is -0.00255 e. The second-order valence-corrected chi connectivity index (χ2v) is 7.60. The highest BCUT2D eigenvalue weighted by molar-refractivity contribution is 5.67. The van der Waals surface area contributed by atoms with Gasteiger partial charge in [0.05, 0.1) is 0 Å². The Labute approximate surface area is 141 Å². The van der Waals surface area contributed by atoms with Gasteiger partial charge in [0.2, 0.25) is 0 Å². The van der Waals surface area contributed by atoms with Crippen molar-refractivity contribution in [3.05, 3.63) is 82.9 Å². The lowest BCUT2D eigenvalue weighted by Gasteiger charge is -2.11. The van der Waals surface area contributed by atoms with Crippen molar-refractivity contribution in [1.29, 1.82) is 0 Å². The summed E-state index contributed by atoms with van der Waals surface area (Å²) in [5, 5.41) is 0. The molecule has 0 radical (unpaired) electrons. The second kappa shape index (κ2) is 7.00. The van der Waals surface area contributed by atoms with Crippen molar-refractivity contribution >= 4 is 11.6 Å². The van der Waals surface area contributed by atoms with Crippen molar-refractivity contribution in [2.75, 3.05) is 0 Å². The minimum absolute atomic E-state index is 0.214. The molecule has 0 aliphatic heterocycles. The van der Waals surface area contributed by atoms with Gasteiger partial charge in [0.15, 0.2) is 0 Å². The fourth-order valence-corrected chi connectivity index (χ4v) is 2.70. The molecule has 0 heterocycles. The maximum absolute atomic E-state index is 4.28. The van der Waals surface area contributed by atoms with Gasteiger partial charge >= 0.3 is 0 Å². The van der Waals surface area contributed by atoms with E-state index in [0.29, 0.717) is 0 Å². The van der Waals surface area contributed by atoms with Crippen LogP contribution in [0.2, 0.25) is 0 Å². The summed E-state index contributed by atoms with van der Waals surface area (Å²) in [5.74, 6) is 0. The van der Waals surface area contributed by atoms with E-state index in [1.165, 1.54) is 33.4 Å². The largest absolute Gasteiger partial charge is 0.0949 e. The molecule has 0 aliphatic rings. The van der Waals surface area contributed by atoms with Crippen molar-refractivity contribution in [3.63, 3.8) is 0 Å². The average Bonchev–Trinajstić information content (AvgIpc) is 2.43. The van der Waals surface area contributed by atoms with E-state index in [1.807, 2.05) is 0 Å². The van der Waals surface area contributed by atoms with Crippen LogP contribution in [0.15, 0.2) is 55.1 Å². The fraction of sp³-hybridized carbons (Fsp3) is 0.304. The summed E-state index contributed by atoms with van der Waals surface area (Å²) in [7, 11) is 0. The Hall–Kier alpha value is -2.08. The van der Waals surface area contributed by atoms with Gasteiger partial charge in [-0.1, -0.05) is 93.1 Å². The standard InChI is InChI=1S/C23H28/c1-17-13-18(2)15-21(14-17)16-19(3)22-9-7-20(8-10-22)11-12-23(4,5)6/h7-15H,3,16H2,1-2,4-6H3/b12-11+. The predicted molar refractivity (Wildman–Crippen MR) is 104 cm³/mol. The van der Waals surface area contributed by atoms with Crippen LogP contribution in [0.5, 0.6) is 0 Å². The van der Waals surface area contributed by atoms with Crippen LogP contribution in [0.1, 0.15) is 48.6 Å². The molecule has 0 bridgehead atoms. The van der Waals surface area contributed by atoms with Crippen LogP contribution in [0.25, 0.3) is 11.6 Å². The molecule has 120 valence electrons. The quantitative estimate of drug-likeness (QED) is 0.595. The Bertz CT molecular complexity index is 686. The van der Waals surface area contributed by atoms with Gasteiger partial charge in [-0.05, 0) is 47.9 Å². The van der Waals surface area contributed by atoms with E-state index < -0.39 is 0 Å². The lowest BCUT2D eigenvalue weighted by Crippen LogP contribution is -1.98. The number of rotatable bonds is 4. The van der Waals surface area contributed by atoms with E-state index in [2.05, 4.69) is 95.8 Å². The van der Waals surface area contributed by atoms with Gasteiger partial charge in [0.25, 0.3) is 0 Å². The Balaban J connectivity index is 2.10. The molecular weight excluding hydrogens is 276 g/mol. The van der Waals surface area contributed by atoms with Gasteiger partial charge in [-0.3, -0.25) is 0 Å². The third-order valence-electron chi connectivity index (χ3n) is 3.79. The van der Waals surface area contributed by atoms with Crippen LogP contribution in [0.3, 0.4) is 0 Å². The van der Waals surface area contributed by atoms with E-state index in [9.17, 15) is 0 Å². The molecule has 0 fully saturated rings. The average molecular weight is 304 g/mol. The Kier molecular flexibility index (Phi) is 5.26. The van der Waals surface area contributed by atoms with Crippen molar-refractivity contribution in [1.82, 2.24) is 0 Å². The van der Waals surface area contributed by atoms with Crippen LogP contribution in [0.4, 0.5) is 0 Å². The molecule has 0 amide bonds. The highest BCUT2D eigenvalue weighted by Crippen LogP contribution is 2.22. The molecule has 0 spiro atoms. The summed E-state index contributed by atoms with van der Waals surface area (Å²) in [6.45, 7) is 15.2. The first-order valence-electron chi connectivity index (χ1n) is 8.27. The minimum Gasteiger partial charge on any atom is -0.0949 e. The molecule has 0 saturated carbocycles. The van der Waals surface area contributed by atoms with Gasteiger partial charge in [-0.25, -0.2) is 0 Å². The third kappa shape index (κ3) is 5.56. The number of aryl methyl sites for hydroxylation is 2. The summed E-state index contributed by atoms with van der Waals surface area (Å²) in [5.41, 5.74) is 7.81. The van der Waals surface area contributed by atoms with E-state index in [1.54, 1.807) is 0 Å². The first-order chi connectivity index (χ1) is 10.7. The zero-order chi connectivity index (χ0) is 17.0. The van der Waals surface area contributed by atoms with E-state index in [0.717, 1.165) is 6.42 Å². The Morgan fingerprint density at radius 2 is 1.52 bits per heavy atom. The SMILES string of the molecule is C=C(Cc1cc(C)cc(C)c1)c1ccc(/C=C/C(C)(C)C)cc1. The smallest absolute Gasteiger partial charge is 0.00255 e. The molecule has 0 aromatic heterocycles. The molecule has 0 saturated heterocycles. The molecule has 2 rings (SSSR count). The molecule has 2 aromatic rings. The lowest BCUT2D eigenvalue weighted by atomic mass is 9.94. The molecule has 0 nitrogen and oxygen atoms in total. The molecule has 0 N–H and O–H groups in total. The second-order valence-electron chi connectivity index (χ2n) is 7.60. The van der Waals surface area contributed by atoms with E-state index in [-0.39, 0.29) is 5.41 Å². The first kappa shape index (κ1) is 17.3. The third-order valence-corrected chi connectivity index (χ3v) is 3.79. The van der Waals surface area contributed by atoms with Gasteiger partial charge in [0, 0.05) is 0 Å². The summed E-state index contributed by atoms with van der Waals surface area (Å²) in [6.07, 6.45) is 5.34. The normalized spacial score (nSPS) is 11.9. The van der Waals surface area contributed by atoms with E-state index in [4.69, 9.17) is 0 Å². The van der Waals surface area contributed by atoms with Crippen LogP contribution in [-0.2, 0) is 6.42 Å². The molecule has 0 heteroatoms. The minimum atomic E-state index is 0.214. The van der Waals surface area contributed by atoms with E-state index >= 15 is 0 Å². The predicted octanol–water partition coefficient (Wildman–Crippen LogP) is 6.62. The van der Waals surface area contributed by atoms with Crippen LogP contribution in [0, 0.1) is 19.3 Å². The number of hydrogen-bond donors (Lipinski definition) is 0. The van der Waals surface area contributed by atoms with Crippen molar-refractivity contribution < 1.29 is 0 Å². The van der Waals surface area contributed by atoms with Crippen molar-refractivity contribution in [2.24, 2.45) is 5.41 Å². The fourth-order valence-electron chi connectivity index (χ4n) is 2.70.